The van der Waals surface area contributed by atoms with E-state index in [0.29, 0.717) is 0 Å². The van der Waals surface area contributed by atoms with E-state index in [1.165, 1.54) is 0 Å². The van der Waals surface area contributed by atoms with Gasteiger partial charge in [-0.3, -0.25) is 9.59 Å². The molecule has 1 heterocycles. The highest BCUT2D eigenvalue weighted by Gasteiger charge is 2.50. The third-order valence-corrected chi connectivity index (χ3v) is 4.85. The molecule has 126 valence electrons. The standard InChI is InChI=1S/C17H31N3O2/c1-4-7-19(8-5-2)16(21)14-13-15(14)17(22)20-11-9-18(6-3)10-12-20/h14-15H,4-13H2,1-3H3. The molecule has 1 saturated heterocycles. The zero-order chi connectivity index (χ0) is 16.1. The van der Waals surface area contributed by atoms with E-state index in [-0.39, 0.29) is 23.7 Å². The van der Waals surface area contributed by atoms with Crippen LogP contribution in [0.4, 0.5) is 0 Å². The third-order valence-electron chi connectivity index (χ3n) is 4.85. The Labute approximate surface area is 134 Å². The van der Waals surface area contributed by atoms with Crippen molar-refractivity contribution in [2.24, 2.45) is 11.8 Å². The summed E-state index contributed by atoms with van der Waals surface area (Å²) in [6.45, 7) is 12.6. The molecule has 1 aliphatic heterocycles. The van der Waals surface area contributed by atoms with E-state index in [0.717, 1.165) is 65.1 Å². The van der Waals surface area contributed by atoms with Gasteiger partial charge in [-0.05, 0) is 25.8 Å². The first-order valence-corrected chi connectivity index (χ1v) is 8.92. The number of hydrogen-bond acceptors (Lipinski definition) is 3. The summed E-state index contributed by atoms with van der Waals surface area (Å²) in [5.41, 5.74) is 0. The minimum Gasteiger partial charge on any atom is -0.342 e. The van der Waals surface area contributed by atoms with E-state index in [1.54, 1.807) is 0 Å². The average Bonchev–Trinajstić information content (AvgIpc) is 3.34. The number of piperazine rings is 1. The highest BCUT2D eigenvalue weighted by molar-refractivity contribution is 5.92. The number of likely N-dealkylation sites (N-methyl/N-ethyl adjacent to an activating group) is 1. The molecule has 5 nitrogen and oxygen atoms in total. The first-order valence-electron chi connectivity index (χ1n) is 8.92. The Morgan fingerprint density at radius 3 is 2.05 bits per heavy atom. The van der Waals surface area contributed by atoms with Gasteiger partial charge in [-0.1, -0.05) is 20.8 Å². The molecule has 0 aromatic rings. The summed E-state index contributed by atoms with van der Waals surface area (Å²) in [6.07, 6.45) is 2.72. The van der Waals surface area contributed by atoms with Crippen LogP contribution in [0.5, 0.6) is 0 Å². The van der Waals surface area contributed by atoms with E-state index in [1.807, 2.05) is 9.80 Å². The minimum atomic E-state index is -0.0465. The van der Waals surface area contributed by atoms with Crippen molar-refractivity contribution in [2.75, 3.05) is 45.8 Å². The van der Waals surface area contributed by atoms with Crippen molar-refractivity contribution in [1.82, 2.24) is 14.7 Å². The summed E-state index contributed by atoms with van der Waals surface area (Å²) in [4.78, 5) is 31.4. The lowest BCUT2D eigenvalue weighted by Crippen LogP contribution is -2.49. The second-order valence-electron chi connectivity index (χ2n) is 6.53. The van der Waals surface area contributed by atoms with Gasteiger partial charge in [-0.15, -0.1) is 0 Å². The Balaban J connectivity index is 1.83. The summed E-state index contributed by atoms with van der Waals surface area (Å²) < 4.78 is 0. The zero-order valence-corrected chi connectivity index (χ0v) is 14.4. The molecule has 2 rings (SSSR count). The molecule has 0 N–H and O–H groups in total. The lowest BCUT2D eigenvalue weighted by Gasteiger charge is -2.34. The van der Waals surface area contributed by atoms with Crippen molar-refractivity contribution in [1.29, 1.82) is 0 Å². The largest absolute Gasteiger partial charge is 0.342 e. The predicted octanol–water partition coefficient (Wildman–Crippen LogP) is 1.44. The molecule has 0 bridgehead atoms. The molecule has 0 spiro atoms. The van der Waals surface area contributed by atoms with Gasteiger partial charge in [0.2, 0.25) is 11.8 Å². The fraction of sp³-hybridized carbons (Fsp3) is 0.882. The molecular weight excluding hydrogens is 278 g/mol. The van der Waals surface area contributed by atoms with Crippen molar-refractivity contribution in [3.8, 4) is 0 Å². The number of amides is 2. The molecule has 1 aliphatic carbocycles. The van der Waals surface area contributed by atoms with Crippen molar-refractivity contribution in [2.45, 2.75) is 40.0 Å². The van der Waals surface area contributed by atoms with E-state index >= 15 is 0 Å². The van der Waals surface area contributed by atoms with Crippen LogP contribution in [-0.4, -0.2) is 72.3 Å². The van der Waals surface area contributed by atoms with E-state index < -0.39 is 0 Å². The lowest BCUT2D eigenvalue weighted by molar-refractivity contribution is -0.139. The predicted molar refractivity (Wildman–Crippen MR) is 87.5 cm³/mol. The first kappa shape index (κ1) is 17.3. The van der Waals surface area contributed by atoms with Crippen LogP contribution in [0.25, 0.3) is 0 Å². The lowest BCUT2D eigenvalue weighted by atomic mass is 10.2. The third kappa shape index (κ3) is 4.00. The van der Waals surface area contributed by atoms with Crippen LogP contribution in [0.3, 0.4) is 0 Å². The number of rotatable bonds is 7. The van der Waals surface area contributed by atoms with Crippen molar-refractivity contribution >= 4 is 11.8 Å². The Morgan fingerprint density at radius 2 is 1.55 bits per heavy atom. The summed E-state index contributed by atoms with van der Waals surface area (Å²) in [5, 5.41) is 0. The molecule has 2 unspecified atom stereocenters. The maximum absolute atomic E-state index is 12.5. The first-order chi connectivity index (χ1) is 10.6. The molecular formula is C17H31N3O2. The van der Waals surface area contributed by atoms with Gasteiger partial charge in [-0.25, -0.2) is 0 Å². The Hall–Kier alpha value is -1.10. The van der Waals surface area contributed by atoms with E-state index in [2.05, 4.69) is 25.7 Å². The maximum Gasteiger partial charge on any atom is 0.226 e. The van der Waals surface area contributed by atoms with Gasteiger partial charge in [0, 0.05) is 39.3 Å². The number of hydrogen-bond donors (Lipinski definition) is 0. The SMILES string of the molecule is CCCN(CCC)C(=O)C1CC1C(=O)N1CCN(CC)CC1. The Morgan fingerprint density at radius 1 is 0.955 bits per heavy atom. The summed E-state index contributed by atoms with van der Waals surface area (Å²) >= 11 is 0. The minimum absolute atomic E-state index is 0.0445. The Bertz CT molecular complexity index is 385. The van der Waals surface area contributed by atoms with Gasteiger partial charge in [-0.2, -0.15) is 0 Å². The normalized spacial score (nSPS) is 25.1. The van der Waals surface area contributed by atoms with Crippen LogP contribution in [0.15, 0.2) is 0 Å². The van der Waals surface area contributed by atoms with Gasteiger partial charge in [0.25, 0.3) is 0 Å². The molecule has 2 atom stereocenters. The molecule has 0 aromatic heterocycles. The van der Waals surface area contributed by atoms with Gasteiger partial charge in [0.1, 0.15) is 0 Å². The van der Waals surface area contributed by atoms with E-state index in [4.69, 9.17) is 0 Å². The van der Waals surface area contributed by atoms with Crippen LogP contribution >= 0.6 is 0 Å². The van der Waals surface area contributed by atoms with E-state index in [9.17, 15) is 9.59 Å². The highest BCUT2D eigenvalue weighted by Crippen LogP contribution is 2.41. The fourth-order valence-electron chi connectivity index (χ4n) is 3.37. The highest BCUT2D eigenvalue weighted by atomic mass is 16.2. The smallest absolute Gasteiger partial charge is 0.226 e. The topological polar surface area (TPSA) is 43.9 Å². The monoisotopic (exact) mass is 309 g/mol. The molecule has 2 fully saturated rings. The van der Waals surface area contributed by atoms with Crippen LogP contribution in [-0.2, 0) is 9.59 Å². The average molecular weight is 309 g/mol. The van der Waals surface area contributed by atoms with Crippen LogP contribution in [0, 0.1) is 11.8 Å². The molecule has 2 aliphatic rings. The molecule has 22 heavy (non-hydrogen) atoms. The molecule has 1 saturated carbocycles. The maximum atomic E-state index is 12.5. The van der Waals surface area contributed by atoms with Gasteiger partial charge < -0.3 is 14.7 Å². The number of carbonyl (C=O) groups excluding carboxylic acids is 2. The fourth-order valence-corrected chi connectivity index (χ4v) is 3.37. The molecule has 2 amide bonds. The number of carbonyl (C=O) groups is 2. The second-order valence-corrected chi connectivity index (χ2v) is 6.53. The summed E-state index contributed by atoms with van der Waals surface area (Å²) in [7, 11) is 0. The summed E-state index contributed by atoms with van der Waals surface area (Å²) in [5.74, 6) is 0.322. The molecule has 0 aromatic carbocycles. The molecule has 5 heteroatoms. The molecule has 0 radical (unpaired) electrons. The zero-order valence-electron chi connectivity index (χ0n) is 14.4. The van der Waals surface area contributed by atoms with Crippen LogP contribution in [0.2, 0.25) is 0 Å². The number of nitrogens with zero attached hydrogens (tertiary/aromatic N) is 3. The quantitative estimate of drug-likeness (QED) is 0.715. The Kier molecular flexibility index (Phi) is 6.24. The summed E-state index contributed by atoms with van der Waals surface area (Å²) in [6, 6.07) is 0. The van der Waals surface area contributed by atoms with Gasteiger partial charge in [0.05, 0.1) is 11.8 Å². The van der Waals surface area contributed by atoms with Crippen molar-refractivity contribution in [3.63, 3.8) is 0 Å². The van der Waals surface area contributed by atoms with Crippen LogP contribution in [0.1, 0.15) is 40.0 Å². The van der Waals surface area contributed by atoms with Gasteiger partial charge >= 0.3 is 0 Å². The van der Waals surface area contributed by atoms with Gasteiger partial charge in [0.15, 0.2) is 0 Å². The second kappa shape index (κ2) is 7.95. The van der Waals surface area contributed by atoms with Crippen molar-refractivity contribution < 1.29 is 9.59 Å². The van der Waals surface area contributed by atoms with Crippen LogP contribution < -0.4 is 0 Å². The van der Waals surface area contributed by atoms with Crippen molar-refractivity contribution in [3.05, 3.63) is 0 Å².